The third-order valence-corrected chi connectivity index (χ3v) is 2.52. The van der Waals surface area contributed by atoms with Crippen molar-refractivity contribution < 1.29 is 17.7 Å². The highest BCUT2D eigenvalue weighted by molar-refractivity contribution is 14.1. The third-order valence-electron chi connectivity index (χ3n) is 1.34. The van der Waals surface area contributed by atoms with Gasteiger partial charge in [0.1, 0.15) is 10.4 Å². The molecule has 0 saturated heterocycles. The Hall–Kier alpha value is -0.340. The predicted molar refractivity (Wildman–Crippen MR) is 55.8 cm³/mol. The lowest BCUT2D eigenvalue weighted by Gasteiger charge is -2.01. The number of benzene rings is 1. The summed E-state index contributed by atoms with van der Waals surface area (Å²) in [5, 5.41) is 0. The van der Waals surface area contributed by atoms with Crippen LogP contribution in [0.4, 0.5) is 0 Å². The summed E-state index contributed by atoms with van der Waals surface area (Å²) in [6, 6.07) is 5.55. The van der Waals surface area contributed by atoms with Crippen LogP contribution in [0.1, 0.15) is 0 Å². The van der Waals surface area contributed by atoms with E-state index in [0.29, 0.717) is 10.4 Å². The second kappa shape index (κ2) is 4.25. The fourth-order valence-corrected chi connectivity index (χ4v) is 1.61. The van der Waals surface area contributed by atoms with Gasteiger partial charge in [0.25, 0.3) is 10.1 Å². The van der Waals surface area contributed by atoms with Crippen molar-refractivity contribution >= 4 is 32.7 Å². The highest BCUT2D eigenvalue weighted by Gasteiger charge is 2.08. The summed E-state index contributed by atoms with van der Waals surface area (Å²) < 4.78 is 35.4. The third kappa shape index (κ3) is 3.12. The molecule has 0 aliphatic rings. The van der Waals surface area contributed by atoms with Crippen LogP contribution >= 0.6 is 22.6 Å². The zero-order valence-corrected chi connectivity index (χ0v) is 9.45. The topological polar surface area (TPSA) is 63.6 Å². The van der Waals surface area contributed by atoms with Crippen molar-refractivity contribution in [3.8, 4) is 5.75 Å². The average Bonchev–Trinajstić information content (AvgIpc) is 2.04. The molecule has 0 unspecified atom stereocenters. The molecule has 0 bridgehead atoms. The Labute approximate surface area is 89.8 Å². The van der Waals surface area contributed by atoms with E-state index < -0.39 is 10.1 Å². The monoisotopic (exact) mass is 314 g/mol. The molecule has 4 nitrogen and oxygen atoms in total. The number of alkyl halides is 1. The van der Waals surface area contributed by atoms with E-state index in [-0.39, 0.29) is 4.90 Å². The minimum Gasteiger partial charge on any atom is -0.483 e. The number of hydrogen-bond donors (Lipinski definition) is 1. The van der Waals surface area contributed by atoms with Gasteiger partial charge in [0.2, 0.25) is 0 Å². The molecular formula is C7H7IO4S. The molecular weight excluding hydrogens is 307 g/mol. The molecule has 0 fully saturated rings. The van der Waals surface area contributed by atoms with Gasteiger partial charge in [-0.05, 0) is 46.9 Å². The Bertz CT molecular complexity index is 370. The molecule has 1 N–H and O–H groups in total. The van der Waals surface area contributed by atoms with Gasteiger partial charge in [-0.3, -0.25) is 4.55 Å². The second-order valence-corrected chi connectivity index (χ2v) is 4.24. The maximum Gasteiger partial charge on any atom is 0.294 e. The first kappa shape index (κ1) is 10.7. The summed E-state index contributed by atoms with van der Waals surface area (Å²) in [7, 11) is -4.09. The summed E-state index contributed by atoms with van der Waals surface area (Å²) in [4.78, 5) is -0.131. The zero-order valence-electron chi connectivity index (χ0n) is 6.47. The minimum atomic E-state index is -4.09. The maximum atomic E-state index is 10.6. The largest absolute Gasteiger partial charge is 0.483 e. The van der Waals surface area contributed by atoms with E-state index in [0.717, 1.165) is 0 Å². The van der Waals surface area contributed by atoms with Crippen LogP contribution in [0.3, 0.4) is 0 Å². The normalized spacial score (nSPS) is 11.2. The molecule has 0 aliphatic carbocycles. The molecule has 0 atom stereocenters. The standard InChI is InChI=1S/C7H7IO4S/c8-5-12-6-1-3-7(4-2-6)13(9,10)11/h1-4H,5H2,(H,9,10,11). The van der Waals surface area contributed by atoms with E-state index >= 15 is 0 Å². The molecule has 72 valence electrons. The Morgan fingerprint density at radius 3 is 2.23 bits per heavy atom. The van der Waals surface area contributed by atoms with Crippen LogP contribution in [0, 0.1) is 0 Å². The van der Waals surface area contributed by atoms with Crippen LogP contribution in [-0.2, 0) is 10.1 Å². The summed E-state index contributed by atoms with van der Waals surface area (Å²) in [6.45, 7) is 0. The van der Waals surface area contributed by atoms with E-state index in [1.54, 1.807) is 0 Å². The molecule has 0 amide bonds. The summed E-state index contributed by atoms with van der Waals surface area (Å²) >= 11 is 2.03. The number of hydrogen-bond acceptors (Lipinski definition) is 3. The van der Waals surface area contributed by atoms with Crippen LogP contribution in [0.2, 0.25) is 0 Å². The van der Waals surface area contributed by atoms with Crippen molar-refractivity contribution in [2.24, 2.45) is 0 Å². The Kier molecular flexibility index (Phi) is 3.51. The van der Waals surface area contributed by atoms with E-state index in [1.165, 1.54) is 24.3 Å². The van der Waals surface area contributed by atoms with Crippen LogP contribution in [0.15, 0.2) is 29.2 Å². The van der Waals surface area contributed by atoms with Crippen molar-refractivity contribution in [3.63, 3.8) is 0 Å². The van der Waals surface area contributed by atoms with Gasteiger partial charge in [-0.15, -0.1) is 0 Å². The average molecular weight is 314 g/mol. The van der Waals surface area contributed by atoms with Gasteiger partial charge in [-0.25, -0.2) is 0 Å². The van der Waals surface area contributed by atoms with Crippen LogP contribution in [0.25, 0.3) is 0 Å². The molecule has 1 aromatic rings. The molecule has 0 spiro atoms. The van der Waals surface area contributed by atoms with Gasteiger partial charge in [0.05, 0.1) is 4.90 Å². The van der Waals surface area contributed by atoms with Gasteiger partial charge in [-0.2, -0.15) is 8.42 Å². The maximum absolute atomic E-state index is 10.6. The second-order valence-electron chi connectivity index (χ2n) is 2.20. The summed E-state index contributed by atoms with van der Waals surface area (Å²) in [5.74, 6) is 0.571. The lowest BCUT2D eigenvalue weighted by atomic mass is 10.3. The lowest BCUT2D eigenvalue weighted by molar-refractivity contribution is 0.404. The van der Waals surface area contributed by atoms with Gasteiger partial charge >= 0.3 is 0 Å². The van der Waals surface area contributed by atoms with E-state index in [4.69, 9.17) is 9.29 Å². The Morgan fingerprint density at radius 1 is 1.31 bits per heavy atom. The SMILES string of the molecule is O=S(=O)(O)c1ccc(OCI)cc1. The van der Waals surface area contributed by atoms with Crippen molar-refractivity contribution in [2.75, 3.05) is 4.61 Å². The van der Waals surface area contributed by atoms with Crippen LogP contribution in [0.5, 0.6) is 5.75 Å². The molecule has 13 heavy (non-hydrogen) atoms. The first-order chi connectivity index (χ1) is 6.04. The van der Waals surface area contributed by atoms with E-state index in [9.17, 15) is 8.42 Å². The van der Waals surface area contributed by atoms with Crippen molar-refractivity contribution in [1.82, 2.24) is 0 Å². The van der Waals surface area contributed by atoms with Gasteiger partial charge in [0.15, 0.2) is 0 Å². The van der Waals surface area contributed by atoms with Gasteiger partial charge in [-0.1, -0.05) is 0 Å². The van der Waals surface area contributed by atoms with Crippen molar-refractivity contribution in [3.05, 3.63) is 24.3 Å². The summed E-state index contributed by atoms with van der Waals surface area (Å²) in [6.07, 6.45) is 0. The molecule has 0 aliphatic heterocycles. The molecule has 0 radical (unpaired) electrons. The quantitative estimate of drug-likeness (QED) is 0.524. The van der Waals surface area contributed by atoms with Crippen LogP contribution in [-0.4, -0.2) is 17.6 Å². The van der Waals surface area contributed by atoms with Crippen molar-refractivity contribution in [2.45, 2.75) is 4.90 Å². The molecule has 6 heteroatoms. The number of rotatable bonds is 3. The number of halogens is 1. The molecule has 0 aromatic heterocycles. The van der Waals surface area contributed by atoms with E-state index in [2.05, 4.69) is 0 Å². The predicted octanol–water partition coefficient (Wildman–Crippen LogP) is 1.70. The highest BCUT2D eigenvalue weighted by atomic mass is 127. The smallest absolute Gasteiger partial charge is 0.294 e. The molecule has 0 saturated carbocycles. The zero-order chi connectivity index (χ0) is 9.90. The lowest BCUT2D eigenvalue weighted by Crippen LogP contribution is -1.97. The molecule has 1 rings (SSSR count). The Morgan fingerprint density at radius 2 is 1.85 bits per heavy atom. The van der Waals surface area contributed by atoms with Gasteiger partial charge < -0.3 is 4.74 Å². The first-order valence-electron chi connectivity index (χ1n) is 3.30. The van der Waals surface area contributed by atoms with Crippen LogP contribution < -0.4 is 4.74 Å². The van der Waals surface area contributed by atoms with Gasteiger partial charge in [0, 0.05) is 0 Å². The first-order valence-corrected chi connectivity index (χ1v) is 6.27. The fourth-order valence-electron chi connectivity index (χ4n) is 0.771. The summed E-state index contributed by atoms with van der Waals surface area (Å²) in [5.41, 5.74) is 0. The van der Waals surface area contributed by atoms with Crippen molar-refractivity contribution in [1.29, 1.82) is 0 Å². The molecule has 1 aromatic carbocycles. The minimum absolute atomic E-state index is 0.131. The Balaban J connectivity index is 2.94. The fraction of sp³-hybridized carbons (Fsp3) is 0.143. The highest BCUT2D eigenvalue weighted by Crippen LogP contribution is 2.15. The number of ether oxygens (including phenoxy) is 1. The molecule has 0 heterocycles. The van der Waals surface area contributed by atoms with E-state index in [1.807, 2.05) is 22.6 Å².